The zero-order valence-corrected chi connectivity index (χ0v) is 33.7. The number of hydrogen-bond acceptors (Lipinski definition) is 9. The monoisotopic (exact) mass is 789 g/mol. The van der Waals surface area contributed by atoms with E-state index in [1.54, 1.807) is 11.1 Å². The van der Waals surface area contributed by atoms with E-state index in [1.165, 1.54) is 14.2 Å². The van der Waals surface area contributed by atoms with Crippen molar-refractivity contribution in [1.29, 1.82) is 0 Å². The van der Waals surface area contributed by atoms with Gasteiger partial charge in [-0.05, 0) is 72.1 Å². The maximum atomic E-state index is 13.6. The van der Waals surface area contributed by atoms with Gasteiger partial charge in [-0.2, -0.15) is 0 Å². The van der Waals surface area contributed by atoms with E-state index in [9.17, 15) is 19.2 Å². The average Bonchev–Trinajstić information content (AvgIpc) is 4.07. The van der Waals surface area contributed by atoms with Crippen molar-refractivity contribution in [2.75, 3.05) is 27.3 Å². The van der Waals surface area contributed by atoms with Crippen molar-refractivity contribution in [3.8, 4) is 33.8 Å². The SMILES string of the molecule is COC(=O)N[C@H](C(=O)N1CCCC1c1nc(-c2ccc3cc(-c4ccc(-c5cnc([C@@H]6CCCN6C(=O)[C@@H](NC(=O)OC)C(C)C)[nH]5)nc4)ccc3c2)c[nH]1)C(C)C. The van der Waals surface area contributed by atoms with E-state index in [2.05, 4.69) is 55.9 Å². The number of fused-ring (bicyclic) bond motifs is 1. The highest BCUT2D eigenvalue weighted by Gasteiger charge is 2.39. The van der Waals surface area contributed by atoms with Crippen LogP contribution in [0.25, 0.3) is 44.5 Å². The fraction of sp³-hybridized carbons (Fsp3) is 0.419. The molecule has 0 bridgehead atoms. The predicted octanol–water partition coefficient (Wildman–Crippen LogP) is 6.77. The van der Waals surface area contributed by atoms with Crippen molar-refractivity contribution in [2.24, 2.45) is 11.8 Å². The summed E-state index contributed by atoms with van der Waals surface area (Å²) in [6.45, 7) is 8.76. The molecular weight excluding hydrogens is 739 g/mol. The first-order valence-corrected chi connectivity index (χ1v) is 19.9. The number of carbonyl (C=O) groups is 4. The number of benzene rings is 2. The van der Waals surface area contributed by atoms with Crippen molar-refractivity contribution >= 4 is 34.8 Å². The third-order valence-electron chi connectivity index (χ3n) is 11.2. The van der Waals surface area contributed by atoms with Crippen molar-refractivity contribution < 1.29 is 28.7 Å². The number of nitrogens with zero attached hydrogens (tertiary/aromatic N) is 5. The zero-order chi connectivity index (χ0) is 41.1. The number of alkyl carbamates (subject to hydrolysis) is 2. The minimum Gasteiger partial charge on any atom is -0.453 e. The van der Waals surface area contributed by atoms with Gasteiger partial charge in [-0.25, -0.2) is 19.6 Å². The van der Waals surface area contributed by atoms with Crippen LogP contribution in [0.3, 0.4) is 0 Å². The van der Waals surface area contributed by atoms with E-state index >= 15 is 0 Å². The van der Waals surface area contributed by atoms with Crippen LogP contribution in [0, 0.1) is 11.8 Å². The molecule has 5 heterocycles. The molecule has 15 heteroatoms. The Morgan fingerprint density at radius 1 is 0.690 bits per heavy atom. The van der Waals surface area contributed by atoms with Crippen molar-refractivity contribution in [2.45, 2.75) is 77.5 Å². The number of H-pyrrole nitrogens is 2. The number of hydrogen-bond donors (Lipinski definition) is 4. The second-order valence-corrected chi connectivity index (χ2v) is 15.7. The molecule has 3 aromatic heterocycles. The number of rotatable bonds is 11. The maximum absolute atomic E-state index is 13.6. The Kier molecular flexibility index (Phi) is 11.8. The Bertz CT molecular complexity index is 2280. The Balaban J connectivity index is 1.02. The molecule has 2 fully saturated rings. The molecule has 5 aromatic rings. The molecule has 304 valence electrons. The smallest absolute Gasteiger partial charge is 0.407 e. The zero-order valence-electron chi connectivity index (χ0n) is 33.7. The van der Waals surface area contributed by atoms with Crippen molar-refractivity contribution in [1.82, 2.24) is 45.4 Å². The van der Waals surface area contributed by atoms with Crippen LogP contribution in [-0.4, -0.2) is 98.1 Å². The minimum absolute atomic E-state index is 0.108. The third kappa shape index (κ3) is 8.25. The number of nitrogens with one attached hydrogen (secondary N) is 4. The number of likely N-dealkylation sites (tertiary alicyclic amines) is 2. The van der Waals surface area contributed by atoms with Gasteiger partial charge in [0, 0.05) is 36.6 Å². The molecule has 2 aromatic carbocycles. The van der Waals surface area contributed by atoms with Gasteiger partial charge in [0.05, 0.1) is 49.6 Å². The average molecular weight is 790 g/mol. The Labute approximate surface area is 337 Å². The molecule has 0 spiro atoms. The highest BCUT2D eigenvalue weighted by molar-refractivity contribution is 5.91. The quantitative estimate of drug-likeness (QED) is 0.112. The van der Waals surface area contributed by atoms with Gasteiger partial charge in [0.25, 0.3) is 0 Å². The van der Waals surface area contributed by atoms with Crippen LogP contribution in [0.4, 0.5) is 9.59 Å². The molecule has 2 aliphatic heterocycles. The summed E-state index contributed by atoms with van der Waals surface area (Å²) < 4.78 is 9.52. The van der Waals surface area contributed by atoms with Crippen LogP contribution in [0.15, 0.2) is 67.1 Å². The molecule has 2 aliphatic rings. The number of methoxy groups -OCH3 is 2. The number of pyridine rings is 1. The summed E-state index contributed by atoms with van der Waals surface area (Å²) in [5, 5.41) is 7.52. The first kappa shape index (κ1) is 40.0. The third-order valence-corrected chi connectivity index (χ3v) is 11.2. The highest BCUT2D eigenvalue weighted by Crippen LogP contribution is 2.35. The standard InChI is InChI=1S/C43H51N9O6/c1-24(2)36(49-42(55)57-5)40(53)51-17-7-9-34(51)38-45-22-32(47-38)29-14-13-26-19-28(12-11-27(26)20-29)30-15-16-31(44-21-30)33-23-46-39(48-33)35-10-8-18-52(35)41(54)37(25(3)4)50-43(56)58-6/h11-16,19-25,34-37H,7-10,17-18H2,1-6H3,(H,45,47)(H,46,48)(H,49,55)(H,50,56)/t34?,35-,36-,37-/m0/s1. The summed E-state index contributed by atoms with van der Waals surface area (Å²) in [5.74, 6) is 0.891. The second-order valence-electron chi connectivity index (χ2n) is 15.7. The lowest BCUT2D eigenvalue weighted by Gasteiger charge is -2.30. The van der Waals surface area contributed by atoms with Crippen LogP contribution in [-0.2, 0) is 19.1 Å². The number of amides is 4. The lowest BCUT2D eigenvalue weighted by molar-refractivity contribution is -0.136. The molecule has 0 radical (unpaired) electrons. The van der Waals surface area contributed by atoms with E-state index in [1.807, 2.05) is 63.2 Å². The van der Waals surface area contributed by atoms with Crippen molar-refractivity contribution in [3.63, 3.8) is 0 Å². The summed E-state index contributed by atoms with van der Waals surface area (Å²) in [7, 11) is 2.58. The number of aromatic nitrogens is 5. The molecule has 7 rings (SSSR count). The molecule has 0 saturated carbocycles. The molecular formula is C43H51N9O6. The molecule has 15 nitrogen and oxygen atoms in total. The highest BCUT2D eigenvalue weighted by atomic mass is 16.5. The van der Waals surface area contributed by atoms with Gasteiger partial charge >= 0.3 is 12.2 Å². The van der Waals surface area contributed by atoms with Gasteiger partial charge in [-0.1, -0.05) is 58.0 Å². The van der Waals surface area contributed by atoms with Gasteiger partial charge in [0.1, 0.15) is 23.7 Å². The fourth-order valence-corrected chi connectivity index (χ4v) is 7.99. The Hall–Kier alpha value is -6.25. The second kappa shape index (κ2) is 17.1. The summed E-state index contributed by atoms with van der Waals surface area (Å²) in [6, 6.07) is 14.7. The Morgan fingerprint density at radius 3 is 1.79 bits per heavy atom. The molecule has 1 unspecified atom stereocenters. The van der Waals surface area contributed by atoms with E-state index < -0.39 is 24.3 Å². The van der Waals surface area contributed by atoms with Crippen LogP contribution in [0.1, 0.15) is 77.1 Å². The minimum atomic E-state index is -0.699. The van der Waals surface area contributed by atoms with Crippen LogP contribution in [0.2, 0.25) is 0 Å². The predicted molar refractivity (Wildman–Crippen MR) is 218 cm³/mol. The van der Waals surface area contributed by atoms with Gasteiger partial charge in [0.2, 0.25) is 11.8 Å². The van der Waals surface area contributed by atoms with Crippen molar-refractivity contribution in [3.05, 3.63) is 78.8 Å². The van der Waals surface area contributed by atoms with Gasteiger partial charge in [-0.3, -0.25) is 14.6 Å². The molecule has 4 N–H and O–H groups in total. The first-order valence-electron chi connectivity index (χ1n) is 19.9. The topological polar surface area (TPSA) is 188 Å². The summed E-state index contributed by atoms with van der Waals surface area (Å²) in [5.41, 5.74) is 5.23. The maximum Gasteiger partial charge on any atom is 0.407 e. The number of ether oxygens (including phenoxy) is 2. The van der Waals surface area contributed by atoms with E-state index in [0.717, 1.165) is 76.1 Å². The van der Waals surface area contributed by atoms with Gasteiger partial charge in [0.15, 0.2) is 0 Å². The van der Waals surface area contributed by atoms with Crippen LogP contribution >= 0.6 is 0 Å². The molecule has 58 heavy (non-hydrogen) atoms. The lowest BCUT2D eigenvalue weighted by atomic mass is 10.00. The van der Waals surface area contributed by atoms with E-state index in [0.29, 0.717) is 18.9 Å². The number of imidazole rings is 2. The lowest BCUT2D eigenvalue weighted by Crippen LogP contribution is -2.51. The van der Waals surface area contributed by atoms with Gasteiger partial charge in [-0.15, -0.1) is 0 Å². The summed E-state index contributed by atoms with van der Waals surface area (Å²) in [4.78, 5) is 75.7. The largest absolute Gasteiger partial charge is 0.453 e. The van der Waals surface area contributed by atoms with E-state index in [4.69, 9.17) is 19.4 Å². The molecule has 4 atom stereocenters. The van der Waals surface area contributed by atoms with Crippen LogP contribution in [0.5, 0.6) is 0 Å². The van der Waals surface area contributed by atoms with E-state index in [-0.39, 0.29) is 35.7 Å². The normalized spacial score (nSPS) is 17.8. The first-order chi connectivity index (χ1) is 27.9. The molecule has 4 amide bonds. The molecule has 2 saturated heterocycles. The Morgan fingerprint density at radius 2 is 1.24 bits per heavy atom. The molecule has 0 aliphatic carbocycles. The number of aromatic amines is 2. The van der Waals surface area contributed by atoms with Crippen LogP contribution < -0.4 is 10.6 Å². The fourth-order valence-electron chi connectivity index (χ4n) is 7.99. The number of carbonyl (C=O) groups excluding carboxylic acids is 4. The van der Waals surface area contributed by atoms with Gasteiger partial charge < -0.3 is 39.9 Å². The summed E-state index contributed by atoms with van der Waals surface area (Å²) in [6.07, 6.45) is 7.44. The summed E-state index contributed by atoms with van der Waals surface area (Å²) >= 11 is 0.